The number of carbonyl (C=O) groups excluding carboxylic acids is 2. The van der Waals surface area contributed by atoms with E-state index in [0.717, 1.165) is 36.6 Å². The average Bonchev–Trinajstić information content (AvgIpc) is 3.45. The summed E-state index contributed by atoms with van der Waals surface area (Å²) in [7, 11) is 1.02. The molecule has 0 unspecified atom stereocenters. The van der Waals surface area contributed by atoms with Gasteiger partial charge in [0.15, 0.2) is 0 Å². The monoisotopic (exact) mass is 439 g/mol. The molecule has 1 aliphatic carbocycles. The number of nitrogens with zero attached hydrogens (tertiary/aromatic N) is 1. The van der Waals surface area contributed by atoms with E-state index in [0.29, 0.717) is 22.4 Å². The Hall–Kier alpha value is -2.84. The van der Waals surface area contributed by atoms with E-state index >= 15 is 0 Å². The van der Waals surface area contributed by atoms with Crippen LogP contribution in [0, 0.1) is 6.92 Å². The molecular weight excluding hydrogens is 415 g/mol. The van der Waals surface area contributed by atoms with Gasteiger partial charge >= 0.3 is 24.0 Å². The third-order valence-corrected chi connectivity index (χ3v) is 5.81. The molecule has 168 valence electrons. The van der Waals surface area contributed by atoms with Crippen molar-refractivity contribution in [3.05, 3.63) is 39.5 Å². The van der Waals surface area contributed by atoms with Crippen LogP contribution in [0.2, 0.25) is 0 Å². The van der Waals surface area contributed by atoms with Gasteiger partial charge in [0.2, 0.25) is 0 Å². The number of allylic oxidation sites excluding steroid dienone is 2. The van der Waals surface area contributed by atoms with Gasteiger partial charge in [-0.15, -0.1) is 0 Å². The van der Waals surface area contributed by atoms with Crippen molar-refractivity contribution < 1.29 is 37.4 Å². The summed E-state index contributed by atoms with van der Waals surface area (Å²) in [4.78, 5) is 35.9. The first kappa shape index (κ1) is 22.8. The lowest BCUT2D eigenvalue weighted by Crippen LogP contribution is -2.40. The third-order valence-electron chi connectivity index (χ3n) is 5.81. The SMILES string of the molecule is CC(=CCc1c(C2CC2)c(C)c2c(c1N(C)C(=O)C(F)(F)F)C(=O)OC2)CCC(=O)O. The molecule has 3 rings (SSSR count). The van der Waals surface area contributed by atoms with Gasteiger partial charge in [0.25, 0.3) is 0 Å². The molecule has 0 aromatic heterocycles. The normalized spacial score (nSPS) is 16.2. The summed E-state index contributed by atoms with van der Waals surface area (Å²) in [6.45, 7) is 3.54. The zero-order chi connectivity index (χ0) is 23.1. The first-order valence-corrected chi connectivity index (χ1v) is 10.0. The summed E-state index contributed by atoms with van der Waals surface area (Å²) >= 11 is 0. The second kappa shape index (κ2) is 8.36. The van der Waals surface area contributed by atoms with Crippen LogP contribution in [0.25, 0.3) is 0 Å². The Labute approximate surface area is 177 Å². The molecular formula is C22H24F3NO5. The van der Waals surface area contributed by atoms with Gasteiger partial charge in [-0.05, 0) is 62.1 Å². The fourth-order valence-corrected chi connectivity index (χ4v) is 4.08. The molecule has 1 aromatic rings. The number of anilines is 1. The van der Waals surface area contributed by atoms with E-state index in [1.54, 1.807) is 13.0 Å². The van der Waals surface area contributed by atoms with Crippen molar-refractivity contribution in [2.45, 2.75) is 64.7 Å². The largest absolute Gasteiger partial charge is 0.481 e. The van der Waals surface area contributed by atoms with Gasteiger partial charge in [0.05, 0.1) is 11.3 Å². The number of cyclic esters (lactones) is 1. The molecule has 0 atom stereocenters. The Balaban J connectivity index is 2.17. The van der Waals surface area contributed by atoms with Gasteiger partial charge in [-0.1, -0.05) is 11.6 Å². The van der Waals surface area contributed by atoms with Crippen molar-refractivity contribution in [3.8, 4) is 0 Å². The van der Waals surface area contributed by atoms with Gasteiger partial charge in [0.1, 0.15) is 6.61 Å². The number of carboxylic acid groups (broad SMARTS) is 1. The predicted octanol–water partition coefficient (Wildman–Crippen LogP) is 4.42. The highest BCUT2D eigenvalue weighted by Gasteiger charge is 2.45. The number of halogens is 3. The number of esters is 1. The van der Waals surface area contributed by atoms with Crippen molar-refractivity contribution in [2.24, 2.45) is 0 Å². The van der Waals surface area contributed by atoms with E-state index in [2.05, 4.69) is 0 Å². The number of carbonyl (C=O) groups is 3. The lowest BCUT2D eigenvalue weighted by molar-refractivity contribution is -0.170. The van der Waals surface area contributed by atoms with Crippen LogP contribution in [0.15, 0.2) is 11.6 Å². The molecule has 0 radical (unpaired) electrons. The summed E-state index contributed by atoms with van der Waals surface area (Å²) in [5.74, 6) is -3.60. The van der Waals surface area contributed by atoms with Crippen LogP contribution >= 0.6 is 0 Å². The number of alkyl halides is 3. The Morgan fingerprint density at radius 2 is 1.90 bits per heavy atom. The third kappa shape index (κ3) is 4.60. The Morgan fingerprint density at radius 1 is 1.26 bits per heavy atom. The van der Waals surface area contributed by atoms with Crippen LogP contribution in [-0.2, 0) is 27.4 Å². The molecule has 6 nitrogen and oxygen atoms in total. The second-order valence-electron chi connectivity index (χ2n) is 8.08. The lowest BCUT2D eigenvalue weighted by atomic mass is 9.86. The number of carboxylic acids is 1. The van der Waals surface area contributed by atoms with E-state index in [1.807, 2.05) is 6.92 Å². The lowest BCUT2D eigenvalue weighted by Gasteiger charge is -2.27. The summed E-state index contributed by atoms with van der Waals surface area (Å²) in [6, 6.07) is 0. The van der Waals surface area contributed by atoms with Crippen LogP contribution in [0.4, 0.5) is 18.9 Å². The van der Waals surface area contributed by atoms with Crippen LogP contribution in [0.1, 0.15) is 71.1 Å². The highest BCUT2D eigenvalue weighted by Crippen LogP contribution is 2.49. The first-order valence-electron chi connectivity index (χ1n) is 10.0. The maximum Gasteiger partial charge on any atom is 0.471 e. The standard InChI is InChI=1S/C22H24F3NO5/c1-11(5-9-16(27)28)4-8-14-17(13-6-7-13)12(2)15-10-31-20(29)18(15)19(14)26(3)21(30)22(23,24)25/h4,13H,5-10H2,1-3H3,(H,27,28). The van der Waals surface area contributed by atoms with Crippen molar-refractivity contribution in [1.29, 1.82) is 0 Å². The number of rotatable bonds is 7. The molecule has 1 heterocycles. The molecule has 9 heteroatoms. The van der Waals surface area contributed by atoms with Crippen LogP contribution in [0.3, 0.4) is 0 Å². The van der Waals surface area contributed by atoms with Crippen molar-refractivity contribution in [3.63, 3.8) is 0 Å². The molecule has 0 bridgehead atoms. The summed E-state index contributed by atoms with van der Waals surface area (Å²) in [6.07, 6.45) is -1.17. The Kier molecular flexibility index (Phi) is 6.16. The van der Waals surface area contributed by atoms with E-state index in [-0.39, 0.29) is 36.6 Å². The molecule has 1 saturated carbocycles. The number of benzene rings is 1. The van der Waals surface area contributed by atoms with E-state index in [4.69, 9.17) is 9.84 Å². The maximum atomic E-state index is 13.2. The molecule has 0 saturated heterocycles. The van der Waals surface area contributed by atoms with Gasteiger partial charge < -0.3 is 14.7 Å². The maximum absolute atomic E-state index is 13.2. The summed E-state index contributed by atoms with van der Waals surface area (Å²) in [5, 5.41) is 8.87. The number of hydrogen-bond donors (Lipinski definition) is 1. The molecule has 1 aromatic carbocycles. The minimum Gasteiger partial charge on any atom is -0.481 e. The highest BCUT2D eigenvalue weighted by atomic mass is 19.4. The van der Waals surface area contributed by atoms with E-state index < -0.39 is 24.0 Å². The van der Waals surface area contributed by atoms with Crippen molar-refractivity contribution in [1.82, 2.24) is 0 Å². The number of ether oxygens (including phenoxy) is 1. The predicted molar refractivity (Wildman–Crippen MR) is 106 cm³/mol. The molecule has 1 fully saturated rings. The summed E-state index contributed by atoms with van der Waals surface area (Å²) in [5.41, 5.74) is 3.40. The molecule has 2 aliphatic rings. The molecule has 1 amide bonds. The fraction of sp³-hybridized carbons (Fsp3) is 0.500. The molecule has 0 spiro atoms. The van der Waals surface area contributed by atoms with E-state index in [1.165, 1.54) is 0 Å². The number of aliphatic carboxylic acids is 1. The van der Waals surface area contributed by atoms with Gasteiger partial charge in [-0.3, -0.25) is 9.59 Å². The van der Waals surface area contributed by atoms with Gasteiger partial charge in [-0.2, -0.15) is 13.2 Å². The number of hydrogen-bond acceptors (Lipinski definition) is 4. The number of amides is 1. The molecule has 1 N–H and O–H groups in total. The average molecular weight is 439 g/mol. The quantitative estimate of drug-likeness (QED) is 0.502. The van der Waals surface area contributed by atoms with Crippen molar-refractivity contribution >= 4 is 23.5 Å². The second-order valence-corrected chi connectivity index (χ2v) is 8.08. The van der Waals surface area contributed by atoms with Crippen LogP contribution < -0.4 is 4.90 Å². The zero-order valence-electron chi connectivity index (χ0n) is 17.6. The minimum atomic E-state index is -5.10. The topological polar surface area (TPSA) is 83.9 Å². The zero-order valence-corrected chi connectivity index (χ0v) is 17.6. The highest BCUT2D eigenvalue weighted by molar-refractivity contribution is 6.07. The van der Waals surface area contributed by atoms with Crippen LogP contribution in [0.5, 0.6) is 0 Å². The van der Waals surface area contributed by atoms with Gasteiger partial charge in [0, 0.05) is 19.0 Å². The smallest absolute Gasteiger partial charge is 0.471 e. The molecule has 31 heavy (non-hydrogen) atoms. The summed E-state index contributed by atoms with van der Waals surface area (Å²) < 4.78 is 44.8. The Morgan fingerprint density at radius 3 is 2.45 bits per heavy atom. The van der Waals surface area contributed by atoms with Gasteiger partial charge in [-0.25, -0.2) is 4.79 Å². The number of fused-ring (bicyclic) bond motifs is 1. The van der Waals surface area contributed by atoms with E-state index in [9.17, 15) is 27.6 Å². The molecule has 1 aliphatic heterocycles. The van der Waals surface area contributed by atoms with Crippen molar-refractivity contribution in [2.75, 3.05) is 11.9 Å². The van der Waals surface area contributed by atoms with Crippen LogP contribution in [-0.4, -0.2) is 36.2 Å². The first-order chi connectivity index (χ1) is 14.4. The Bertz CT molecular complexity index is 977. The minimum absolute atomic E-state index is 0.00795. The fourth-order valence-electron chi connectivity index (χ4n) is 4.08.